The Morgan fingerprint density at radius 2 is 2.04 bits per heavy atom. The van der Waals surface area contributed by atoms with Gasteiger partial charge in [0.05, 0.1) is 10.6 Å². The van der Waals surface area contributed by atoms with E-state index in [2.05, 4.69) is 10.1 Å². The summed E-state index contributed by atoms with van der Waals surface area (Å²) in [6.07, 6.45) is 3.66. The molecule has 2 aromatic rings. The number of nitrogens with zero attached hydrogens (tertiary/aromatic N) is 2. The van der Waals surface area contributed by atoms with Crippen LogP contribution in [0.4, 0.5) is 0 Å². The van der Waals surface area contributed by atoms with Gasteiger partial charge in [-0.1, -0.05) is 29.1 Å². The summed E-state index contributed by atoms with van der Waals surface area (Å²) in [6.45, 7) is 3.22. The Morgan fingerprint density at radius 1 is 1.33 bits per heavy atom. The Morgan fingerprint density at radius 3 is 2.67 bits per heavy atom. The number of thiazole rings is 1. The number of benzene rings is 1. The van der Waals surface area contributed by atoms with E-state index < -0.39 is 0 Å². The van der Waals surface area contributed by atoms with E-state index in [4.69, 9.17) is 14.7 Å². The maximum atomic E-state index is 8.82. The first-order chi connectivity index (χ1) is 11.7. The van der Waals surface area contributed by atoms with Gasteiger partial charge in [-0.3, -0.25) is 0 Å². The predicted octanol–water partition coefficient (Wildman–Crippen LogP) is 4.14. The molecule has 1 aliphatic heterocycles. The molecule has 1 fully saturated rings. The number of hydrogen-bond donors (Lipinski definition) is 1. The second-order valence-corrected chi connectivity index (χ2v) is 7.96. The molecule has 5 nitrogen and oxygen atoms in total. The lowest BCUT2D eigenvalue weighted by atomic mass is 9.93. The molecule has 0 saturated carbocycles. The van der Waals surface area contributed by atoms with Gasteiger partial charge in [-0.05, 0) is 24.6 Å². The Hall–Kier alpha value is -1.41. The molecule has 0 atom stereocenters. The first-order valence-electron chi connectivity index (χ1n) is 7.73. The van der Waals surface area contributed by atoms with Crippen LogP contribution in [0.2, 0.25) is 0 Å². The lowest BCUT2D eigenvalue weighted by Gasteiger charge is -2.34. The molecular weight excluding hydrogens is 344 g/mol. The fraction of sp³-hybridized carbons (Fsp3) is 0.412. The van der Waals surface area contributed by atoms with E-state index >= 15 is 0 Å². The van der Waals surface area contributed by atoms with Gasteiger partial charge >= 0.3 is 0 Å². The van der Waals surface area contributed by atoms with E-state index in [1.54, 1.807) is 37.1 Å². The highest BCUT2D eigenvalue weighted by molar-refractivity contribution is 8.01. The number of aromatic nitrogens is 1. The van der Waals surface area contributed by atoms with Gasteiger partial charge in [0, 0.05) is 44.3 Å². The van der Waals surface area contributed by atoms with E-state index in [0.29, 0.717) is 5.71 Å². The number of oxime groups is 1. The van der Waals surface area contributed by atoms with Gasteiger partial charge in [0.2, 0.25) is 0 Å². The second kappa shape index (κ2) is 7.65. The molecule has 1 aromatic heterocycles. The zero-order valence-electron chi connectivity index (χ0n) is 13.7. The monoisotopic (exact) mass is 364 g/mol. The normalized spacial score (nSPS) is 17.8. The number of ether oxygens (including phenoxy) is 2. The number of hydrogen-bond acceptors (Lipinski definition) is 7. The summed E-state index contributed by atoms with van der Waals surface area (Å²) in [6, 6.07) is 7.91. The van der Waals surface area contributed by atoms with Gasteiger partial charge in [0.25, 0.3) is 0 Å². The zero-order valence-corrected chi connectivity index (χ0v) is 15.3. The maximum absolute atomic E-state index is 8.82. The molecule has 1 saturated heterocycles. The summed E-state index contributed by atoms with van der Waals surface area (Å²) in [5.41, 5.74) is 1.25. The summed E-state index contributed by atoms with van der Waals surface area (Å²) >= 11 is 3.31. The Bertz CT molecular complexity index is 707. The van der Waals surface area contributed by atoms with Crippen LogP contribution in [0.3, 0.4) is 0 Å². The topological polar surface area (TPSA) is 63.9 Å². The molecule has 0 bridgehead atoms. The summed E-state index contributed by atoms with van der Waals surface area (Å²) in [4.78, 5) is 6.81. The molecule has 2 heterocycles. The van der Waals surface area contributed by atoms with Crippen LogP contribution in [0, 0.1) is 0 Å². The Labute approximate surface area is 149 Å². The molecule has 0 aliphatic carbocycles. The van der Waals surface area contributed by atoms with Crippen LogP contribution in [-0.2, 0) is 15.1 Å². The van der Waals surface area contributed by atoms with Crippen LogP contribution in [-0.4, -0.2) is 36.2 Å². The van der Waals surface area contributed by atoms with Crippen LogP contribution in [0.15, 0.2) is 44.9 Å². The van der Waals surface area contributed by atoms with Crippen LogP contribution in [0.25, 0.3) is 0 Å². The smallest absolute Gasteiger partial charge is 0.154 e. The van der Waals surface area contributed by atoms with E-state index in [1.165, 1.54) is 0 Å². The lowest BCUT2D eigenvalue weighted by molar-refractivity contribution is -0.0926. The third-order valence-electron chi connectivity index (χ3n) is 4.25. The van der Waals surface area contributed by atoms with Gasteiger partial charge in [-0.15, -0.1) is 11.3 Å². The first-order valence-corrected chi connectivity index (χ1v) is 9.36. The van der Waals surface area contributed by atoms with Gasteiger partial charge in [0.15, 0.2) is 4.34 Å². The van der Waals surface area contributed by atoms with Crippen LogP contribution in [0.5, 0.6) is 0 Å². The van der Waals surface area contributed by atoms with Gasteiger partial charge < -0.3 is 14.7 Å². The molecule has 24 heavy (non-hydrogen) atoms. The summed E-state index contributed by atoms with van der Waals surface area (Å²) in [5.74, 6) is 0. The predicted molar refractivity (Wildman–Crippen MR) is 95.4 cm³/mol. The van der Waals surface area contributed by atoms with Crippen LogP contribution >= 0.6 is 23.1 Å². The fourth-order valence-electron chi connectivity index (χ4n) is 2.69. The Kier molecular flexibility index (Phi) is 5.55. The summed E-state index contributed by atoms with van der Waals surface area (Å²) < 4.78 is 12.3. The van der Waals surface area contributed by atoms with E-state index in [-0.39, 0.29) is 5.60 Å². The highest BCUT2D eigenvalue weighted by atomic mass is 32.2. The summed E-state index contributed by atoms with van der Waals surface area (Å²) in [7, 11) is 1.77. The van der Waals surface area contributed by atoms with Crippen molar-refractivity contribution in [3.8, 4) is 0 Å². The minimum Gasteiger partial charge on any atom is -0.411 e. The second-order valence-electron chi connectivity index (χ2n) is 5.61. The van der Waals surface area contributed by atoms with E-state index in [9.17, 15) is 0 Å². The number of methoxy groups -OCH3 is 1. The quantitative estimate of drug-likeness (QED) is 0.491. The molecule has 128 valence electrons. The Balaban J connectivity index is 1.74. The minimum absolute atomic E-state index is 0.257. The van der Waals surface area contributed by atoms with Crippen molar-refractivity contribution in [3.63, 3.8) is 0 Å². The molecule has 1 aromatic carbocycles. The van der Waals surface area contributed by atoms with Crippen molar-refractivity contribution in [3.05, 3.63) is 40.9 Å². The molecular formula is C17H20N2O3S2. The van der Waals surface area contributed by atoms with Crippen molar-refractivity contribution in [1.29, 1.82) is 0 Å². The third-order valence-corrected chi connectivity index (χ3v) is 6.52. The molecule has 0 amide bonds. The molecule has 1 aliphatic rings. The van der Waals surface area contributed by atoms with Crippen molar-refractivity contribution < 1.29 is 14.7 Å². The van der Waals surface area contributed by atoms with Crippen LogP contribution in [0.1, 0.15) is 30.2 Å². The zero-order chi connectivity index (χ0) is 17.0. The van der Waals surface area contributed by atoms with Gasteiger partial charge in [-0.2, -0.15) is 0 Å². The van der Waals surface area contributed by atoms with Crippen LogP contribution < -0.4 is 0 Å². The highest BCUT2D eigenvalue weighted by Gasteiger charge is 2.36. The molecule has 3 rings (SSSR count). The molecule has 7 heteroatoms. The fourth-order valence-corrected chi connectivity index (χ4v) is 4.87. The highest BCUT2D eigenvalue weighted by Crippen LogP contribution is 2.41. The molecule has 1 N–H and O–H groups in total. The maximum Gasteiger partial charge on any atom is 0.154 e. The largest absolute Gasteiger partial charge is 0.411 e. The first kappa shape index (κ1) is 17.4. The van der Waals surface area contributed by atoms with Crippen molar-refractivity contribution in [2.24, 2.45) is 5.16 Å². The van der Waals surface area contributed by atoms with E-state index in [1.807, 2.05) is 30.5 Å². The van der Waals surface area contributed by atoms with Gasteiger partial charge in [0.1, 0.15) is 5.60 Å². The SMILES string of the molecule is COC1(c2cnc(Sc3ccc(/C(C)=N\O)cc3)s2)CCOCC1. The van der Waals surface area contributed by atoms with Crippen molar-refractivity contribution >= 4 is 28.8 Å². The number of rotatable bonds is 5. The average Bonchev–Trinajstić information content (AvgIpc) is 3.11. The van der Waals surface area contributed by atoms with Crippen molar-refractivity contribution in [2.75, 3.05) is 20.3 Å². The average molecular weight is 364 g/mol. The standard InChI is InChI=1S/C17H20N2O3S2/c1-12(19-20)13-3-5-14(6-4-13)23-16-18-11-15(24-16)17(21-2)7-9-22-10-8-17/h3-6,11,20H,7-10H2,1-2H3/b19-12-. The van der Waals surface area contributed by atoms with Crippen molar-refractivity contribution in [1.82, 2.24) is 4.98 Å². The molecule has 0 spiro atoms. The molecule has 0 radical (unpaired) electrons. The van der Waals surface area contributed by atoms with Crippen molar-refractivity contribution in [2.45, 2.75) is 34.6 Å². The third kappa shape index (κ3) is 3.64. The molecule has 0 unspecified atom stereocenters. The van der Waals surface area contributed by atoms with Gasteiger partial charge in [-0.25, -0.2) is 4.98 Å². The summed E-state index contributed by atoms with van der Waals surface area (Å²) in [5, 5.41) is 12.0. The lowest BCUT2D eigenvalue weighted by Crippen LogP contribution is -2.34. The van der Waals surface area contributed by atoms with E-state index in [0.717, 1.165) is 45.7 Å². The minimum atomic E-state index is -0.257.